The van der Waals surface area contributed by atoms with E-state index < -0.39 is 11.9 Å². The largest absolute Gasteiger partial charge is 0.433 e. The molecule has 0 bridgehead atoms. The van der Waals surface area contributed by atoms with Gasteiger partial charge in [-0.25, -0.2) is 4.98 Å². The molecule has 4 rings (SSSR count). The molecule has 0 saturated heterocycles. The van der Waals surface area contributed by atoms with E-state index in [-0.39, 0.29) is 17.1 Å². The molecule has 0 amide bonds. The normalized spacial score (nSPS) is 13.9. The number of hydrogen-bond acceptors (Lipinski definition) is 4. The highest BCUT2D eigenvalue weighted by Crippen LogP contribution is 2.32. The predicted octanol–water partition coefficient (Wildman–Crippen LogP) is 7.73. The number of alkyl halides is 3. The summed E-state index contributed by atoms with van der Waals surface area (Å²) >= 11 is 0. The zero-order chi connectivity index (χ0) is 26.0. The van der Waals surface area contributed by atoms with E-state index in [2.05, 4.69) is 17.6 Å². The Kier molecular flexibility index (Phi) is 10.1. The Morgan fingerprint density at radius 1 is 1.03 bits per heavy atom. The van der Waals surface area contributed by atoms with Crippen LogP contribution in [0.5, 0.6) is 0 Å². The zero-order valence-corrected chi connectivity index (χ0v) is 20.3. The second-order valence-electron chi connectivity index (χ2n) is 8.74. The first-order valence-electron chi connectivity index (χ1n) is 11.7. The summed E-state index contributed by atoms with van der Waals surface area (Å²) in [6, 6.07) is 15.6. The number of aromatic nitrogens is 1. The van der Waals surface area contributed by atoms with Crippen molar-refractivity contribution in [2.45, 2.75) is 64.5 Å². The van der Waals surface area contributed by atoms with Crippen LogP contribution in [0.25, 0.3) is 16.6 Å². The molecule has 4 nitrogen and oxygen atoms in total. The molecule has 0 radical (unpaired) electrons. The molecule has 4 N–H and O–H groups in total. The monoisotopic (exact) mass is 482 g/mol. The molecule has 1 aliphatic rings. The van der Waals surface area contributed by atoms with Gasteiger partial charge in [0.1, 0.15) is 5.69 Å². The number of nitrogen functional groups attached to an aromatic ring is 1. The molecule has 0 spiro atoms. The van der Waals surface area contributed by atoms with Gasteiger partial charge in [-0.05, 0) is 49.2 Å². The van der Waals surface area contributed by atoms with Crippen LogP contribution in [0.1, 0.15) is 73.8 Å². The Morgan fingerprint density at radius 2 is 1.63 bits per heavy atom. The van der Waals surface area contributed by atoms with E-state index in [1.54, 1.807) is 12.1 Å². The van der Waals surface area contributed by atoms with Crippen LogP contribution in [-0.4, -0.2) is 4.98 Å². The van der Waals surface area contributed by atoms with Gasteiger partial charge in [0, 0.05) is 16.8 Å². The number of nitrogens with zero attached hydrogens (tertiary/aromatic N) is 2. The van der Waals surface area contributed by atoms with Crippen molar-refractivity contribution in [2.24, 2.45) is 5.73 Å². The molecule has 1 atom stereocenters. The molecule has 0 aliphatic heterocycles. The average Bonchev–Trinajstić information content (AvgIpc) is 2.85. The predicted molar refractivity (Wildman–Crippen MR) is 137 cm³/mol. The van der Waals surface area contributed by atoms with E-state index in [4.69, 9.17) is 16.7 Å². The fraction of sp³-hybridized carbons (Fsp3) is 0.357. The molecule has 1 unspecified atom stereocenters. The molecule has 1 aromatic heterocycles. The van der Waals surface area contributed by atoms with Crippen LogP contribution < -0.4 is 11.5 Å². The fourth-order valence-electron chi connectivity index (χ4n) is 3.65. The second kappa shape index (κ2) is 12.8. The number of benzene rings is 2. The molecule has 2 aromatic carbocycles. The third kappa shape index (κ3) is 8.64. The average molecular weight is 483 g/mol. The maximum Gasteiger partial charge on any atom is 0.433 e. The van der Waals surface area contributed by atoms with Crippen LogP contribution in [0.2, 0.25) is 0 Å². The minimum absolute atomic E-state index is 0.0979. The topological polar surface area (TPSA) is 88.7 Å². The maximum absolute atomic E-state index is 12.5. The summed E-state index contributed by atoms with van der Waals surface area (Å²) in [4.78, 5) is 3.54. The molecule has 7 heteroatoms. The number of anilines is 1. The fourth-order valence-corrected chi connectivity index (χ4v) is 3.65. The van der Waals surface area contributed by atoms with Crippen LogP contribution in [0.15, 0.2) is 55.1 Å². The molecular formula is C28H33F3N4. The number of hydrogen-bond donors (Lipinski definition) is 2. The number of halogens is 3. The first kappa shape index (κ1) is 27.7. The van der Waals surface area contributed by atoms with Crippen LogP contribution in [0, 0.1) is 18.3 Å². The lowest BCUT2D eigenvalue weighted by atomic mass is 10.00. The highest BCUT2D eigenvalue weighted by atomic mass is 19.4. The number of rotatable bonds is 2. The van der Waals surface area contributed by atoms with E-state index in [1.165, 1.54) is 44.6 Å². The summed E-state index contributed by atoms with van der Waals surface area (Å²) in [5.41, 5.74) is 13.9. The second-order valence-corrected chi connectivity index (χ2v) is 8.74. The minimum atomic E-state index is -4.47. The Hall–Kier alpha value is -3.53. The Morgan fingerprint density at radius 3 is 2.14 bits per heavy atom. The molecule has 1 fully saturated rings. The summed E-state index contributed by atoms with van der Waals surface area (Å²) in [6.45, 7) is 7.35. The van der Waals surface area contributed by atoms with Crippen molar-refractivity contribution in [2.75, 3.05) is 5.73 Å². The molecule has 1 heterocycles. The van der Waals surface area contributed by atoms with Gasteiger partial charge in [-0.3, -0.25) is 0 Å². The zero-order valence-electron chi connectivity index (χ0n) is 20.3. The lowest BCUT2D eigenvalue weighted by molar-refractivity contribution is -0.140. The van der Waals surface area contributed by atoms with Crippen LogP contribution >= 0.6 is 0 Å². The standard InChI is InChI=1S/C11H9F3N2.C11H12N2.C6H12/c1-6-2-3-9-7(4-6)8(15)5-10(16-9)11(12,13)14;1-8(7-12)10-4-3-5-11(6-10)9(2)13;1-2-4-6-5-3-1/h2-5H,1H3,(H2,15,16);3-6,8H,2,13H2,1H3;1-6H2. The number of nitriles is 1. The third-order valence-electron chi connectivity index (χ3n) is 5.74. The lowest BCUT2D eigenvalue weighted by Crippen LogP contribution is -2.09. The molecule has 1 saturated carbocycles. The molecule has 186 valence electrons. The number of pyridine rings is 1. The smallest absolute Gasteiger partial charge is 0.399 e. The first-order valence-corrected chi connectivity index (χ1v) is 11.7. The third-order valence-corrected chi connectivity index (χ3v) is 5.74. The van der Waals surface area contributed by atoms with Gasteiger partial charge in [-0.1, -0.05) is 74.9 Å². The van der Waals surface area contributed by atoms with Gasteiger partial charge < -0.3 is 11.5 Å². The van der Waals surface area contributed by atoms with Crippen molar-refractivity contribution in [1.82, 2.24) is 4.98 Å². The van der Waals surface area contributed by atoms with Crippen molar-refractivity contribution < 1.29 is 13.2 Å². The van der Waals surface area contributed by atoms with E-state index in [1.807, 2.05) is 38.1 Å². The Bertz CT molecular complexity index is 1160. The van der Waals surface area contributed by atoms with Crippen molar-refractivity contribution in [3.63, 3.8) is 0 Å². The molecule has 3 aromatic rings. The van der Waals surface area contributed by atoms with Gasteiger partial charge in [-0.2, -0.15) is 18.4 Å². The van der Waals surface area contributed by atoms with E-state index in [0.29, 0.717) is 11.1 Å². The van der Waals surface area contributed by atoms with Gasteiger partial charge in [0.25, 0.3) is 0 Å². The van der Waals surface area contributed by atoms with Crippen LogP contribution in [0.3, 0.4) is 0 Å². The number of fused-ring (bicyclic) bond motifs is 1. The summed E-state index contributed by atoms with van der Waals surface area (Å²) in [7, 11) is 0. The van der Waals surface area contributed by atoms with Crippen molar-refractivity contribution in [3.05, 3.63) is 77.5 Å². The first-order chi connectivity index (χ1) is 16.5. The molecular weight excluding hydrogens is 449 g/mol. The van der Waals surface area contributed by atoms with Crippen molar-refractivity contribution in [1.29, 1.82) is 5.26 Å². The maximum atomic E-state index is 12.5. The van der Waals surface area contributed by atoms with Crippen LogP contribution in [0.4, 0.5) is 18.9 Å². The quantitative estimate of drug-likeness (QED) is 0.391. The summed E-state index contributed by atoms with van der Waals surface area (Å²) in [6.07, 6.45) is 4.53. The highest BCUT2D eigenvalue weighted by Gasteiger charge is 2.33. The number of nitrogens with two attached hydrogens (primary N) is 2. The van der Waals surface area contributed by atoms with Crippen molar-refractivity contribution in [3.8, 4) is 6.07 Å². The summed E-state index contributed by atoms with van der Waals surface area (Å²) in [5, 5.41) is 9.26. The van der Waals surface area contributed by atoms with Gasteiger partial charge in [0.2, 0.25) is 0 Å². The van der Waals surface area contributed by atoms with Gasteiger partial charge in [0.15, 0.2) is 0 Å². The van der Waals surface area contributed by atoms with Crippen LogP contribution in [-0.2, 0) is 6.18 Å². The summed E-state index contributed by atoms with van der Waals surface area (Å²) in [5.74, 6) is -0.0979. The van der Waals surface area contributed by atoms with Crippen molar-refractivity contribution >= 4 is 22.3 Å². The molecule has 35 heavy (non-hydrogen) atoms. The molecule has 1 aliphatic carbocycles. The van der Waals surface area contributed by atoms with E-state index in [9.17, 15) is 13.2 Å². The minimum Gasteiger partial charge on any atom is -0.399 e. The Balaban J connectivity index is 0.000000203. The SMILES string of the molecule is C1CCCCC1.C=C(N)c1cccc(C(C)C#N)c1.Cc1ccc2nc(C(F)(F)F)cc(N)c2c1. The van der Waals surface area contributed by atoms with E-state index >= 15 is 0 Å². The Labute approximate surface area is 205 Å². The summed E-state index contributed by atoms with van der Waals surface area (Å²) < 4.78 is 37.4. The van der Waals surface area contributed by atoms with Gasteiger partial charge in [-0.15, -0.1) is 0 Å². The highest BCUT2D eigenvalue weighted by molar-refractivity contribution is 5.90. The van der Waals surface area contributed by atoms with Gasteiger partial charge in [0.05, 0.1) is 17.5 Å². The van der Waals surface area contributed by atoms with E-state index in [0.717, 1.165) is 22.8 Å². The number of aryl methyl sites for hydroxylation is 1. The lowest BCUT2D eigenvalue weighted by Gasteiger charge is -2.09. The van der Waals surface area contributed by atoms with Gasteiger partial charge >= 0.3 is 6.18 Å².